The number of rotatable bonds is 4. The molecule has 0 saturated carbocycles. The molecule has 0 N–H and O–H groups in total. The van der Waals surface area contributed by atoms with E-state index in [9.17, 15) is 0 Å². The van der Waals surface area contributed by atoms with Crippen LogP contribution in [0.1, 0.15) is 5.56 Å². The molecule has 0 spiro atoms. The highest BCUT2D eigenvalue weighted by atomic mass is 31.1. The Kier molecular flexibility index (Phi) is 4.50. The second-order valence-corrected chi connectivity index (χ2v) is 6.43. The standard InChI is InChI=1S/C18H15N2P/c1-2-8-16(9-3-1)12-15-21(17-10-4-6-13-19-17)18-11-5-7-14-20-18/h1-15H. The lowest BCUT2D eigenvalue weighted by molar-refractivity contribution is 1.37. The van der Waals surface area contributed by atoms with Gasteiger partial charge in [0.1, 0.15) is 0 Å². The zero-order valence-corrected chi connectivity index (χ0v) is 12.4. The molecule has 0 bridgehead atoms. The monoisotopic (exact) mass is 290 g/mol. The van der Waals surface area contributed by atoms with Gasteiger partial charge in [0.2, 0.25) is 0 Å². The van der Waals surface area contributed by atoms with Crippen LogP contribution in [-0.4, -0.2) is 9.97 Å². The van der Waals surface area contributed by atoms with Crippen molar-refractivity contribution in [2.45, 2.75) is 0 Å². The summed E-state index contributed by atoms with van der Waals surface area (Å²) >= 11 is 0. The van der Waals surface area contributed by atoms with E-state index in [0.29, 0.717) is 0 Å². The van der Waals surface area contributed by atoms with Gasteiger partial charge in [0, 0.05) is 20.3 Å². The van der Waals surface area contributed by atoms with Crippen LogP contribution in [0.3, 0.4) is 0 Å². The lowest BCUT2D eigenvalue weighted by Gasteiger charge is -2.11. The van der Waals surface area contributed by atoms with Gasteiger partial charge < -0.3 is 0 Å². The van der Waals surface area contributed by atoms with Crippen LogP contribution in [0.25, 0.3) is 6.08 Å². The molecule has 0 aliphatic rings. The van der Waals surface area contributed by atoms with Crippen molar-refractivity contribution in [2.24, 2.45) is 0 Å². The number of pyridine rings is 2. The van der Waals surface area contributed by atoms with Gasteiger partial charge in [0.05, 0.1) is 10.9 Å². The second kappa shape index (κ2) is 6.92. The molecule has 3 aromatic rings. The first-order chi connectivity index (χ1) is 10.4. The minimum Gasteiger partial charge on any atom is -0.256 e. The largest absolute Gasteiger partial charge is 0.256 e. The third-order valence-corrected chi connectivity index (χ3v) is 4.97. The van der Waals surface area contributed by atoms with Crippen molar-refractivity contribution in [3.63, 3.8) is 0 Å². The molecule has 2 nitrogen and oxygen atoms in total. The molecule has 3 rings (SSSR count). The molecule has 0 radical (unpaired) electrons. The van der Waals surface area contributed by atoms with Crippen molar-refractivity contribution in [1.29, 1.82) is 0 Å². The highest BCUT2D eigenvalue weighted by molar-refractivity contribution is 7.75. The Balaban J connectivity index is 1.96. The predicted octanol–water partition coefficient (Wildman–Crippen LogP) is 3.58. The van der Waals surface area contributed by atoms with Gasteiger partial charge in [-0.05, 0) is 35.6 Å². The van der Waals surface area contributed by atoms with Crippen LogP contribution in [-0.2, 0) is 0 Å². The average molecular weight is 290 g/mol. The topological polar surface area (TPSA) is 25.8 Å². The van der Waals surface area contributed by atoms with Crippen LogP contribution in [0.5, 0.6) is 0 Å². The first-order valence-electron chi connectivity index (χ1n) is 6.78. The minimum atomic E-state index is -0.677. The highest BCUT2D eigenvalue weighted by Crippen LogP contribution is 2.34. The quantitative estimate of drug-likeness (QED) is 0.686. The van der Waals surface area contributed by atoms with Gasteiger partial charge in [-0.15, -0.1) is 0 Å². The number of nitrogens with zero attached hydrogens (tertiary/aromatic N) is 2. The van der Waals surface area contributed by atoms with Crippen molar-refractivity contribution in [2.75, 3.05) is 0 Å². The fraction of sp³-hybridized carbons (Fsp3) is 0. The molecule has 102 valence electrons. The summed E-state index contributed by atoms with van der Waals surface area (Å²) in [6.45, 7) is 0. The first kappa shape index (κ1) is 13.7. The lowest BCUT2D eigenvalue weighted by atomic mass is 10.2. The molecular weight excluding hydrogens is 275 g/mol. The maximum Gasteiger partial charge on any atom is 0.0731 e. The van der Waals surface area contributed by atoms with Gasteiger partial charge in [-0.25, -0.2) is 0 Å². The van der Waals surface area contributed by atoms with Crippen LogP contribution < -0.4 is 10.9 Å². The molecule has 0 unspecified atom stereocenters. The summed E-state index contributed by atoms with van der Waals surface area (Å²) in [7, 11) is -0.677. The number of benzene rings is 1. The van der Waals surface area contributed by atoms with E-state index in [1.165, 1.54) is 5.56 Å². The van der Waals surface area contributed by atoms with E-state index in [-0.39, 0.29) is 0 Å². The summed E-state index contributed by atoms with van der Waals surface area (Å²) < 4.78 is 0. The Morgan fingerprint density at radius 3 is 1.76 bits per heavy atom. The molecule has 0 amide bonds. The summed E-state index contributed by atoms with van der Waals surface area (Å²) in [5, 5.41) is 0. The van der Waals surface area contributed by atoms with Gasteiger partial charge in [-0.3, -0.25) is 9.97 Å². The fourth-order valence-electron chi connectivity index (χ4n) is 1.99. The zero-order valence-electron chi connectivity index (χ0n) is 11.5. The van der Waals surface area contributed by atoms with E-state index in [1.54, 1.807) is 0 Å². The van der Waals surface area contributed by atoms with Gasteiger partial charge >= 0.3 is 0 Å². The van der Waals surface area contributed by atoms with Crippen LogP contribution in [0, 0.1) is 0 Å². The van der Waals surface area contributed by atoms with Gasteiger partial charge in [-0.1, -0.05) is 48.5 Å². The molecular formula is C18H15N2P. The van der Waals surface area contributed by atoms with Crippen molar-refractivity contribution in [3.05, 3.63) is 90.5 Å². The van der Waals surface area contributed by atoms with E-state index in [1.807, 2.05) is 54.9 Å². The van der Waals surface area contributed by atoms with Gasteiger partial charge in [0.15, 0.2) is 0 Å². The molecule has 21 heavy (non-hydrogen) atoms. The number of aromatic nitrogens is 2. The zero-order chi connectivity index (χ0) is 14.3. The van der Waals surface area contributed by atoms with Crippen LogP contribution >= 0.6 is 7.92 Å². The third-order valence-electron chi connectivity index (χ3n) is 3.01. The SMILES string of the molecule is C(=CP(c1ccccn1)c1ccccn1)c1ccccc1. The second-order valence-electron chi connectivity index (χ2n) is 4.47. The lowest BCUT2D eigenvalue weighted by Crippen LogP contribution is -2.15. The van der Waals surface area contributed by atoms with Crippen molar-refractivity contribution in [1.82, 2.24) is 9.97 Å². The van der Waals surface area contributed by atoms with Gasteiger partial charge in [0.25, 0.3) is 0 Å². The Labute approximate surface area is 126 Å². The molecule has 1 aromatic carbocycles. The normalized spacial score (nSPS) is 11.1. The van der Waals surface area contributed by atoms with Crippen LogP contribution in [0.2, 0.25) is 0 Å². The minimum absolute atomic E-state index is 0.677. The summed E-state index contributed by atoms with van der Waals surface area (Å²) in [6, 6.07) is 22.4. The number of hydrogen-bond donors (Lipinski definition) is 0. The van der Waals surface area contributed by atoms with E-state index >= 15 is 0 Å². The average Bonchev–Trinajstić information content (AvgIpc) is 2.58. The van der Waals surface area contributed by atoms with Crippen LogP contribution in [0.15, 0.2) is 84.9 Å². The van der Waals surface area contributed by atoms with E-state index in [0.717, 1.165) is 10.9 Å². The van der Waals surface area contributed by atoms with E-state index in [2.05, 4.69) is 46.1 Å². The molecule has 0 aliphatic carbocycles. The highest BCUT2D eigenvalue weighted by Gasteiger charge is 2.12. The van der Waals surface area contributed by atoms with Crippen LogP contribution in [0.4, 0.5) is 0 Å². The number of hydrogen-bond acceptors (Lipinski definition) is 2. The van der Waals surface area contributed by atoms with Crippen molar-refractivity contribution >= 4 is 24.9 Å². The molecule has 3 heteroatoms. The first-order valence-corrected chi connectivity index (χ1v) is 8.19. The molecule has 2 heterocycles. The van der Waals surface area contributed by atoms with Crippen molar-refractivity contribution in [3.8, 4) is 0 Å². The van der Waals surface area contributed by atoms with E-state index < -0.39 is 7.92 Å². The fourth-order valence-corrected chi connectivity index (χ4v) is 3.72. The summed E-state index contributed by atoms with van der Waals surface area (Å²) in [6.07, 6.45) is 5.82. The maximum atomic E-state index is 4.51. The Morgan fingerprint density at radius 2 is 1.24 bits per heavy atom. The molecule has 2 aromatic heterocycles. The smallest absolute Gasteiger partial charge is 0.0731 e. The Hall–Kier alpha value is -2.31. The maximum absolute atomic E-state index is 4.51. The molecule has 0 atom stereocenters. The van der Waals surface area contributed by atoms with Gasteiger partial charge in [-0.2, -0.15) is 0 Å². The molecule has 0 saturated heterocycles. The summed E-state index contributed by atoms with van der Waals surface area (Å²) in [5.41, 5.74) is 3.33. The Morgan fingerprint density at radius 1 is 0.667 bits per heavy atom. The summed E-state index contributed by atoms with van der Waals surface area (Å²) in [4.78, 5) is 9.01. The summed E-state index contributed by atoms with van der Waals surface area (Å²) in [5.74, 6) is 2.22. The van der Waals surface area contributed by atoms with E-state index in [4.69, 9.17) is 0 Å². The molecule has 0 fully saturated rings. The third kappa shape index (κ3) is 3.62. The predicted molar refractivity (Wildman–Crippen MR) is 90.1 cm³/mol. The molecule has 0 aliphatic heterocycles. The van der Waals surface area contributed by atoms with Crippen molar-refractivity contribution < 1.29 is 0 Å². The Bertz CT molecular complexity index is 658.